The van der Waals surface area contributed by atoms with Crippen LogP contribution in [-0.4, -0.2) is 5.11 Å². The lowest BCUT2D eigenvalue weighted by molar-refractivity contribution is 0.122. The summed E-state index contributed by atoms with van der Waals surface area (Å²) in [5.74, 6) is 6.02. The summed E-state index contributed by atoms with van der Waals surface area (Å²) in [6.07, 6.45) is 1.67. The minimum absolute atomic E-state index is 0.757. The molecule has 0 bridgehead atoms. The van der Waals surface area contributed by atoms with Gasteiger partial charge in [0.15, 0.2) is 0 Å². The maximum absolute atomic E-state index is 10.3. The molecular formula is C18H18O. The summed E-state index contributed by atoms with van der Waals surface area (Å²) in [7, 11) is 0. The highest BCUT2D eigenvalue weighted by Crippen LogP contribution is 2.18. The molecule has 0 aliphatic heterocycles. The van der Waals surface area contributed by atoms with E-state index < -0.39 is 5.60 Å². The van der Waals surface area contributed by atoms with Gasteiger partial charge in [-0.1, -0.05) is 72.5 Å². The van der Waals surface area contributed by atoms with E-state index in [0.717, 1.165) is 18.4 Å². The van der Waals surface area contributed by atoms with Crippen molar-refractivity contribution in [2.45, 2.75) is 25.4 Å². The van der Waals surface area contributed by atoms with Crippen molar-refractivity contribution in [2.24, 2.45) is 0 Å². The predicted octanol–water partition coefficient (Wildman–Crippen LogP) is 3.53. The average Bonchev–Trinajstić information content (AvgIpc) is 2.46. The maximum atomic E-state index is 10.3. The number of hydrogen-bond acceptors (Lipinski definition) is 1. The molecule has 2 aromatic carbocycles. The molecule has 19 heavy (non-hydrogen) atoms. The molecule has 0 spiro atoms. The number of hydrogen-bond donors (Lipinski definition) is 1. The van der Waals surface area contributed by atoms with Crippen LogP contribution in [0.5, 0.6) is 0 Å². The summed E-state index contributed by atoms with van der Waals surface area (Å²) in [6, 6.07) is 19.8. The van der Waals surface area contributed by atoms with Gasteiger partial charge < -0.3 is 5.11 Å². The zero-order chi connectivity index (χ0) is 13.6. The van der Waals surface area contributed by atoms with Crippen molar-refractivity contribution < 1.29 is 5.11 Å². The van der Waals surface area contributed by atoms with Crippen LogP contribution in [0.25, 0.3) is 0 Å². The SMILES string of the molecule is CC(O)(C#CCCc1ccccc1)c1ccccc1. The van der Waals surface area contributed by atoms with Crippen molar-refractivity contribution in [3.8, 4) is 11.8 Å². The van der Waals surface area contributed by atoms with Gasteiger partial charge in [0.25, 0.3) is 0 Å². The summed E-state index contributed by atoms with van der Waals surface area (Å²) in [4.78, 5) is 0. The van der Waals surface area contributed by atoms with Gasteiger partial charge in [0.2, 0.25) is 0 Å². The summed E-state index contributed by atoms with van der Waals surface area (Å²) in [5.41, 5.74) is 1.04. The van der Waals surface area contributed by atoms with E-state index in [4.69, 9.17) is 0 Å². The van der Waals surface area contributed by atoms with Gasteiger partial charge in [-0.3, -0.25) is 0 Å². The van der Waals surface area contributed by atoms with Crippen LogP contribution in [-0.2, 0) is 12.0 Å². The van der Waals surface area contributed by atoms with Crippen molar-refractivity contribution in [1.29, 1.82) is 0 Å². The first-order valence-electron chi connectivity index (χ1n) is 6.50. The van der Waals surface area contributed by atoms with Crippen LogP contribution >= 0.6 is 0 Å². The number of rotatable bonds is 3. The highest BCUT2D eigenvalue weighted by Gasteiger charge is 2.18. The first-order chi connectivity index (χ1) is 9.18. The highest BCUT2D eigenvalue weighted by molar-refractivity contribution is 5.30. The normalized spacial score (nSPS) is 13.2. The number of benzene rings is 2. The van der Waals surface area contributed by atoms with E-state index in [1.807, 2.05) is 48.5 Å². The van der Waals surface area contributed by atoms with Crippen LogP contribution in [0.2, 0.25) is 0 Å². The van der Waals surface area contributed by atoms with Crippen molar-refractivity contribution in [3.63, 3.8) is 0 Å². The van der Waals surface area contributed by atoms with Gasteiger partial charge in [-0.2, -0.15) is 0 Å². The molecule has 96 valence electrons. The van der Waals surface area contributed by atoms with Crippen LogP contribution in [0, 0.1) is 11.8 Å². The lowest BCUT2D eigenvalue weighted by Gasteiger charge is -2.16. The Morgan fingerprint density at radius 2 is 1.53 bits per heavy atom. The third-order valence-corrected chi connectivity index (χ3v) is 3.05. The lowest BCUT2D eigenvalue weighted by Crippen LogP contribution is -2.18. The second-order valence-corrected chi connectivity index (χ2v) is 4.73. The molecule has 1 heteroatoms. The Morgan fingerprint density at radius 1 is 0.947 bits per heavy atom. The minimum Gasteiger partial charge on any atom is -0.374 e. The fraction of sp³-hybridized carbons (Fsp3) is 0.222. The number of aliphatic hydroxyl groups is 1. The zero-order valence-electron chi connectivity index (χ0n) is 11.1. The largest absolute Gasteiger partial charge is 0.374 e. The van der Waals surface area contributed by atoms with E-state index in [-0.39, 0.29) is 0 Å². The van der Waals surface area contributed by atoms with E-state index >= 15 is 0 Å². The second kappa shape index (κ2) is 6.22. The molecule has 1 atom stereocenters. The Bertz CT molecular complexity index is 559. The standard InChI is InChI=1S/C18H18O/c1-18(19,17-13-6-3-7-14-17)15-9-8-12-16-10-4-2-5-11-16/h2-7,10-11,13-14,19H,8,12H2,1H3. The monoisotopic (exact) mass is 250 g/mol. The van der Waals surface area contributed by atoms with Crippen LogP contribution in [0.1, 0.15) is 24.5 Å². The molecular weight excluding hydrogens is 232 g/mol. The molecule has 0 aliphatic carbocycles. The van der Waals surface area contributed by atoms with E-state index in [9.17, 15) is 5.11 Å². The Hall–Kier alpha value is -2.04. The molecule has 0 saturated carbocycles. The minimum atomic E-state index is -1.07. The lowest BCUT2D eigenvalue weighted by atomic mass is 9.96. The zero-order valence-corrected chi connectivity index (χ0v) is 11.1. The van der Waals surface area contributed by atoms with Crippen molar-refractivity contribution in [1.82, 2.24) is 0 Å². The summed E-state index contributed by atoms with van der Waals surface area (Å²) >= 11 is 0. The highest BCUT2D eigenvalue weighted by atomic mass is 16.3. The molecule has 1 nitrogen and oxygen atoms in total. The van der Waals surface area contributed by atoms with Crippen molar-refractivity contribution in [3.05, 3.63) is 71.8 Å². The molecule has 2 rings (SSSR count). The summed E-state index contributed by atoms with van der Waals surface area (Å²) in [6.45, 7) is 1.73. The van der Waals surface area contributed by atoms with E-state index in [0.29, 0.717) is 0 Å². The third-order valence-electron chi connectivity index (χ3n) is 3.05. The van der Waals surface area contributed by atoms with Gasteiger partial charge in [0, 0.05) is 6.42 Å². The molecule has 0 fully saturated rings. The van der Waals surface area contributed by atoms with E-state index in [2.05, 4.69) is 24.0 Å². The molecule has 2 aromatic rings. The predicted molar refractivity (Wildman–Crippen MR) is 78.6 cm³/mol. The van der Waals surface area contributed by atoms with Gasteiger partial charge in [-0.15, -0.1) is 0 Å². The fourth-order valence-electron chi connectivity index (χ4n) is 1.92. The smallest absolute Gasteiger partial charge is 0.148 e. The molecule has 0 aromatic heterocycles. The Balaban J connectivity index is 1.96. The fourth-order valence-corrected chi connectivity index (χ4v) is 1.92. The van der Waals surface area contributed by atoms with Gasteiger partial charge in [0.05, 0.1) is 0 Å². The van der Waals surface area contributed by atoms with Gasteiger partial charge in [0.1, 0.15) is 5.60 Å². The van der Waals surface area contributed by atoms with Crippen molar-refractivity contribution >= 4 is 0 Å². The average molecular weight is 250 g/mol. The Morgan fingerprint density at radius 3 is 2.16 bits per heavy atom. The summed E-state index contributed by atoms with van der Waals surface area (Å²) in [5, 5.41) is 10.3. The molecule has 0 saturated heterocycles. The molecule has 1 N–H and O–H groups in total. The van der Waals surface area contributed by atoms with Crippen LogP contribution < -0.4 is 0 Å². The quantitative estimate of drug-likeness (QED) is 0.826. The van der Waals surface area contributed by atoms with E-state index in [1.165, 1.54) is 5.56 Å². The molecule has 0 amide bonds. The first kappa shape index (κ1) is 13.4. The second-order valence-electron chi connectivity index (χ2n) is 4.73. The molecule has 0 aliphatic rings. The first-order valence-corrected chi connectivity index (χ1v) is 6.50. The maximum Gasteiger partial charge on any atom is 0.148 e. The van der Waals surface area contributed by atoms with Crippen LogP contribution in [0.15, 0.2) is 60.7 Å². The third kappa shape index (κ3) is 3.98. The Labute approximate surface area is 114 Å². The van der Waals surface area contributed by atoms with Crippen LogP contribution in [0.4, 0.5) is 0 Å². The van der Waals surface area contributed by atoms with Gasteiger partial charge in [-0.25, -0.2) is 0 Å². The van der Waals surface area contributed by atoms with Gasteiger partial charge in [-0.05, 0) is 24.5 Å². The molecule has 0 radical (unpaired) electrons. The molecule has 0 heterocycles. The van der Waals surface area contributed by atoms with Crippen LogP contribution in [0.3, 0.4) is 0 Å². The summed E-state index contributed by atoms with van der Waals surface area (Å²) < 4.78 is 0. The number of aryl methyl sites for hydroxylation is 1. The van der Waals surface area contributed by atoms with Gasteiger partial charge >= 0.3 is 0 Å². The topological polar surface area (TPSA) is 20.2 Å². The van der Waals surface area contributed by atoms with Crippen molar-refractivity contribution in [2.75, 3.05) is 0 Å². The molecule has 1 unspecified atom stereocenters. The Kier molecular flexibility index (Phi) is 4.39. The van der Waals surface area contributed by atoms with E-state index in [1.54, 1.807) is 6.92 Å².